The van der Waals surface area contributed by atoms with Crippen molar-refractivity contribution in [2.24, 2.45) is 0 Å². The molecular weight excluding hydrogens is 384 g/mol. The third kappa shape index (κ3) is 5.66. The van der Waals surface area contributed by atoms with Crippen LogP contribution in [0.5, 0.6) is 5.75 Å². The molecule has 0 amide bonds. The van der Waals surface area contributed by atoms with Crippen molar-refractivity contribution in [3.8, 4) is 5.75 Å². The number of carboxylic acid groups (broad SMARTS) is 1. The van der Waals surface area contributed by atoms with Crippen LogP contribution < -0.4 is 4.74 Å². The Kier molecular flexibility index (Phi) is 8.39. The van der Waals surface area contributed by atoms with Crippen LogP contribution in [0.4, 0.5) is 0 Å². The summed E-state index contributed by atoms with van der Waals surface area (Å²) in [5.41, 5.74) is 1.44. The first-order valence-electron chi connectivity index (χ1n) is 10.9. The number of benzene rings is 1. The van der Waals surface area contributed by atoms with Crippen molar-refractivity contribution in [3.05, 3.63) is 53.6 Å². The third-order valence-electron chi connectivity index (χ3n) is 5.85. The van der Waals surface area contributed by atoms with Gasteiger partial charge in [-0.25, -0.2) is 4.79 Å². The second kappa shape index (κ2) is 10.3. The number of halogens is 1. The van der Waals surface area contributed by atoms with Gasteiger partial charge in [0, 0.05) is 5.41 Å². The molecule has 0 saturated heterocycles. The number of alkyl halides is 1. The van der Waals surface area contributed by atoms with Crippen LogP contribution in [0.3, 0.4) is 0 Å². The van der Waals surface area contributed by atoms with Crippen LogP contribution in [0.15, 0.2) is 48.1 Å². The van der Waals surface area contributed by atoms with Crippen molar-refractivity contribution in [2.45, 2.75) is 89.0 Å². The van der Waals surface area contributed by atoms with Gasteiger partial charge in [0.15, 0.2) is 5.60 Å². The van der Waals surface area contributed by atoms with E-state index in [0.29, 0.717) is 5.75 Å². The summed E-state index contributed by atoms with van der Waals surface area (Å²) < 4.78 is 5.67. The maximum absolute atomic E-state index is 11.3. The Morgan fingerprint density at radius 2 is 1.76 bits per heavy atom. The van der Waals surface area contributed by atoms with E-state index in [4.69, 9.17) is 16.3 Å². The molecule has 1 aromatic rings. The predicted molar refractivity (Wildman–Crippen MR) is 121 cm³/mol. The minimum Gasteiger partial charge on any atom is -0.478 e. The Hall–Kier alpha value is -1.74. The Morgan fingerprint density at radius 1 is 1.14 bits per heavy atom. The van der Waals surface area contributed by atoms with Crippen LogP contribution in [-0.2, 0) is 10.2 Å². The van der Waals surface area contributed by atoms with E-state index in [2.05, 4.69) is 30.4 Å². The van der Waals surface area contributed by atoms with Crippen LogP contribution in [0, 0.1) is 0 Å². The fraction of sp³-hybridized carbons (Fsp3) is 0.560. The van der Waals surface area contributed by atoms with Gasteiger partial charge < -0.3 is 9.84 Å². The lowest BCUT2D eigenvalue weighted by molar-refractivity contribution is -0.152. The predicted octanol–water partition coefficient (Wildman–Crippen LogP) is 7.04. The summed E-state index contributed by atoms with van der Waals surface area (Å²) in [5, 5.41) is 9.37. The summed E-state index contributed by atoms with van der Waals surface area (Å²) >= 11 is 6.34. The number of carbonyl (C=O) groups is 1. The van der Waals surface area contributed by atoms with Crippen molar-refractivity contribution in [1.82, 2.24) is 0 Å². The number of ether oxygens (including phenoxy) is 1. The van der Waals surface area contributed by atoms with E-state index in [-0.39, 0.29) is 10.8 Å². The van der Waals surface area contributed by atoms with E-state index in [1.807, 2.05) is 26.0 Å². The highest BCUT2D eigenvalue weighted by Crippen LogP contribution is 2.46. The SMILES string of the molecule is CC.CC(C)(Oc1ccc(C2(C3=CCCC(Cl)C=C3)CCCCC2)cc1)C(=O)O. The maximum atomic E-state index is 11.3. The first-order valence-corrected chi connectivity index (χ1v) is 11.3. The minimum atomic E-state index is -1.24. The van der Waals surface area contributed by atoms with Gasteiger partial charge in [0.2, 0.25) is 0 Å². The molecule has 3 rings (SSSR count). The van der Waals surface area contributed by atoms with E-state index in [1.165, 1.54) is 30.4 Å². The Morgan fingerprint density at radius 3 is 2.34 bits per heavy atom. The van der Waals surface area contributed by atoms with Crippen LogP contribution in [0.1, 0.15) is 78.2 Å². The molecule has 3 nitrogen and oxygen atoms in total. The van der Waals surface area contributed by atoms with E-state index in [0.717, 1.165) is 25.7 Å². The molecule has 1 saturated carbocycles. The molecule has 160 valence electrons. The summed E-state index contributed by atoms with van der Waals surface area (Å²) in [7, 11) is 0. The van der Waals surface area contributed by atoms with E-state index >= 15 is 0 Å². The van der Waals surface area contributed by atoms with Crippen molar-refractivity contribution in [3.63, 3.8) is 0 Å². The molecule has 1 atom stereocenters. The molecule has 4 heteroatoms. The zero-order chi connectivity index (χ0) is 21.5. The van der Waals surface area contributed by atoms with Gasteiger partial charge >= 0.3 is 5.97 Å². The highest BCUT2D eigenvalue weighted by molar-refractivity contribution is 6.21. The molecule has 0 aliphatic heterocycles. The van der Waals surface area contributed by atoms with E-state index in [9.17, 15) is 9.90 Å². The summed E-state index contributed by atoms with van der Waals surface area (Å²) in [4.78, 5) is 11.3. The smallest absolute Gasteiger partial charge is 0.347 e. The number of aliphatic carboxylic acids is 1. The Balaban J connectivity index is 0.00000145. The van der Waals surface area contributed by atoms with Crippen molar-refractivity contribution in [1.29, 1.82) is 0 Å². The number of allylic oxidation sites excluding steroid dienone is 4. The number of hydrogen-bond acceptors (Lipinski definition) is 2. The van der Waals surface area contributed by atoms with Crippen LogP contribution in [0.25, 0.3) is 0 Å². The second-order valence-electron chi connectivity index (χ2n) is 8.20. The van der Waals surface area contributed by atoms with Crippen LogP contribution in [0.2, 0.25) is 0 Å². The standard InChI is InChI=1S/C23H29ClO3.C2H6/c1-22(2,21(25)26)27-20-13-10-18(11-14-20)23(15-4-3-5-16-23)17-7-6-8-19(24)12-9-17;1-2/h7,9-14,19H,3-6,8,15-16H2,1-2H3,(H,25,26);1-2H3. The minimum absolute atomic E-state index is 0.0243. The van der Waals surface area contributed by atoms with Gasteiger partial charge in [-0.15, -0.1) is 11.6 Å². The molecule has 29 heavy (non-hydrogen) atoms. The molecule has 1 N–H and O–H groups in total. The number of rotatable bonds is 5. The highest BCUT2D eigenvalue weighted by Gasteiger charge is 2.37. The fourth-order valence-electron chi connectivity index (χ4n) is 4.20. The third-order valence-corrected chi connectivity index (χ3v) is 6.21. The summed E-state index contributed by atoms with van der Waals surface area (Å²) in [6.07, 6.45) is 14.7. The fourth-order valence-corrected chi connectivity index (χ4v) is 4.40. The summed E-state index contributed by atoms with van der Waals surface area (Å²) in [6, 6.07) is 8.02. The first-order chi connectivity index (χ1) is 13.8. The van der Waals surface area contributed by atoms with Gasteiger partial charge in [-0.1, -0.05) is 63.5 Å². The Labute approximate surface area is 180 Å². The lowest BCUT2D eigenvalue weighted by Gasteiger charge is -2.39. The largest absolute Gasteiger partial charge is 0.478 e. The normalized spacial score (nSPS) is 21.3. The maximum Gasteiger partial charge on any atom is 0.347 e. The van der Waals surface area contributed by atoms with Crippen molar-refractivity contribution >= 4 is 17.6 Å². The molecule has 0 heterocycles. The Bertz CT molecular complexity index is 725. The van der Waals surface area contributed by atoms with Gasteiger partial charge in [0.05, 0.1) is 5.38 Å². The molecule has 1 aromatic carbocycles. The van der Waals surface area contributed by atoms with Crippen LogP contribution in [-0.4, -0.2) is 22.1 Å². The zero-order valence-electron chi connectivity index (χ0n) is 18.2. The second-order valence-corrected chi connectivity index (χ2v) is 8.76. The van der Waals surface area contributed by atoms with Crippen molar-refractivity contribution < 1.29 is 14.6 Å². The summed E-state index contributed by atoms with van der Waals surface area (Å²) in [6.45, 7) is 7.13. The molecule has 0 bridgehead atoms. The quantitative estimate of drug-likeness (QED) is 0.521. The molecule has 2 aliphatic carbocycles. The average molecular weight is 419 g/mol. The molecule has 2 aliphatic rings. The van der Waals surface area contributed by atoms with Crippen LogP contribution >= 0.6 is 11.6 Å². The first kappa shape index (κ1) is 23.5. The monoisotopic (exact) mass is 418 g/mol. The van der Waals surface area contributed by atoms with Gasteiger partial charge in [-0.2, -0.15) is 0 Å². The highest BCUT2D eigenvalue weighted by atomic mass is 35.5. The van der Waals surface area contributed by atoms with Gasteiger partial charge in [0.25, 0.3) is 0 Å². The zero-order valence-corrected chi connectivity index (χ0v) is 19.0. The lowest BCUT2D eigenvalue weighted by atomic mass is 9.64. The molecule has 0 spiro atoms. The lowest BCUT2D eigenvalue weighted by Crippen LogP contribution is -2.37. The molecule has 1 fully saturated rings. The summed E-state index contributed by atoms with van der Waals surface area (Å²) in [5.74, 6) is -0.386. The van der Waals surface area contributed by atoms with E-state index in [1.54, 1.807) is 13.8 Å². The van der Waals surface area contributed by atoms with Gasteiger partial charge in [0.1, 0.15) is 5.75 Å². The van der Waals surface area contributed by atoms with Crippen molar-refractivity contribution in [2.75, 3.05) is 0 Å². The average Bonchev–Trinajstić information content (AvgIpc) is 2.95. The molecule has 0 aromatic heterocycles. The molecule has 0 radical (unpaired) electrons. The molecule has 1 unspecified atom stereocenters. The van der Waals surface area contributed by atoms with Gasteiger partial charge in [-0.3, -0.25) is 0 Å². The van der Waals surface area contributed by atoms with Gasteiger partial charge in [-0.05, 0) is 62.8 Å². The number of hydrogen-bond donors (Lipinski definition) is 1. The molecular formula is C25H35ClO3. The van der Waals surface area contributed by atoms with E-state index < -0.39 is 11.6 Å². The number of carboxylic acids is 1. The topological polar surface area (TPSA) is 46.5 Å².